The molecule has 0 radical (unpaired) electrons. The number of esters is 1. The molecule has 146 valence electrons. The van der Waals surface area contributed by atoms with Gasteiger partial charge in [-0.15, -0.1) is 0 Å². The van der Waals surface area contributed by atoms with E-state index in [1.54, 1.807) is 54.0 Å². The van der Waals surface area contributed by atoms with Gasteiger partial charge in [-0.3, -0.25) is 9.59 Å². The Morgan fingerprint density at radius 3 is 2.54 bits per heavy atom. The molecule has 1 amide bonds. The summed E-state index contributed by atoms with van der Waals surface area (Å²) in [5.41, 5.74) is 1.20. The van der Waals surface area contributed by atoms with Crippen LogP contribution in [-0.2, 0) is 16.1 Å². The van der Waals surface area contributed by atoms with Gasteiger partial charge in [0.15, 0.2) is 4.80 Å². The standard InChI is InChI=1S/C20H19ClN2O4S/c1-3-26-15-8-5-13(6-9-15)19(25)22-20-23(12-18(24)27-4-2)16-10-7-14(21)11-17(16)28-20/h5-11H,3-4,12H2,1-2H3. The molecule has 3 aromatic rings. The molecular formula is C20H19ClN2O4S. The summed E-state index contributed by atoms with van der Waals surface area (Å²) in [6.07, 6.45) is 0. The highest BCUT2D eigenvalue weighted by Crippen LogP contribution is 2.22. The first kappa shape index (κ1) is 20.1. The largest absolute Gasteiger partial charge is 0.494 e. The van der Waals surface area contributed by atoms with Gasteiger partial charge < -0.3 is 14.0 Å². The lowest BCUT2D eigenvalue weighted by Gasteiger charge is -2.05. The van der Waals surface area contributed by atoms with Crippen molar-refractivity contribution in [3.05, 3.63) is 57.9 Å². The van der Waals surface area contributed by atoms with Crippen LogP contribution in [0.1, 0.15) is 24.2 Å². The fourth-order valence-electron chi connectivity index (χ4n) is 2.63. The number of hydrogen-bond acceptors (Lipinski definition) is 5. The number of fused-ring (bicyclic) bond motifs is 1. The average Bonchev–Trinajstić information content (AvgIpc) is 2.98. The molecule has 0 saturated heterocycles. The van der Waals surface area contributed by atoms with Gasteiger partial charge in [0.1, 0.15) is 12.3 Å². The molecule has 0 aliphatic carbocycles. The maximum Gasteiger partial charge on any atom is 0.326 e. The predicted octanol–water partition coefficient (Wildman–Crippen LogP) is 4.06. The molecular weight excluding hydrogens is 400 g/mol. The van der Waals surface area contributed by atoms with Gasteiger partial charge in [-0.05, 0) is 56.3 Å². The van der Waals surface area contributed by atoms with E-state index in [1.165, 1.54) is 11.3 Å². The van der Waals surface area contributed by atoms with E-state index in [4.69, 9.17) is 21.1 Å². The van der Waals surface area contributed by atoms with Crippen molar-refractivity contribution in [1.82, 2.24) is 4.57 Å². The van der Waals surface area contributed by atoms with Crippen LogP contribution < -0.4 is 9.54 Å². The number of ether oxygens (including phenoxy) is 2. The maximum absolute atomic E-state index is 12.6. The molecule has 0 atom stereocenters. The zero-order valence-electron chi connectivity index (χ0n) is 15.5. The Hall–Kier alpha value is -2.64. The smallest absolute Gasteiger partial charge is 0.326 e. The topological polar surface area (TPSA) is 69.9 Å². The van der Waals surface area contributed by atoms with Gasteiger partial charge >= 0.3 is 5.97 Å². The number of thiazole rings is 1. The molecule has 2 aromatic carbocycles. The SMILES string of the molecule is CCOC(=O)Cn1c(=NC(=O)c2ccc(OCC)cc2)sc2cc(Cl)ccc21. The lowest BCUT2D eigenvalue weighted by Crippen LogP contribution is -2.23. The maximum atomic E-state index is 12.6. The molecule has 1 heterocycles. The Bertz CT molecular complexity index is 1070. The summed E-state index contributed by atoms with van der Waals surface area (Å²) in [6.45, 7) is 4.44. The first-order valence-electron chi connectivity index (χ1n) is 8.78. The summed E-state index contributed by atoms with van der Waals surface area (Å²) in [6, 6.07) is 12.1. The summed E-state index contributed by atoms with van der Waals surface area (Å²) < 4.78 is 12.9. The minimum atomic E-state index is -0.404. The average molecular weight is 419 g/mol. The van der Waals surface area contributed by atoms with E-state index in [9.17, 15) is 9.59 Å². The quantitative estimate of drug-likeness (QED) is 0.566. The first-order valence-corrected chi connectivity index (χ1v) is 9.97. The van der Waals surface area contributed by atoms with E-state index in [0.717, 1.165) is 10.2 Å². The summed E-state index contributed by atoms with van der Waals surface area (Å²) in [5, 5.41) is 0.571. The molecule has 3 rings (SSSR count). The third-order valence-electron chi connectivity index (χ3n) is 3.85. The predicted molar refractivity (Wildman–Crippen MR) is 109 cm³/mol. The number of benzene rings is 2. The second-order valence-corrected chi connectivity index (χ2v) is 7.21. The van der Waals surface area contributed by atoms with Crippen LogP contribution in [-0.4, -0.2) is 29.7 Å². The fourth-order valence-corrected chi connectivity index (χ4v) is 3.94. The molecule has 0 aliphatic heterocycles. The number of carbonyl (C=O) groups is 2. The monoisotopic (exact) mass is 418 g/mol. The fraction of sp³-hybridized carbons (Fsp3) is 0.250. The second-order valence-electron chi connectivity index (χ2n) is 5.76. The molecule has 28 heavy (non-hydrogen) atoms. The highest BCUT2D eigenvalue weighted by atomic mass is 35.5. The molecule has 1 aromatic heterocycles. The summed E-state index contributed by atoms with van der Waals surface area (Å²) in [5.74, 6) is -0.113. The number of rotatable bonds is 6. The third-order valence-corrected chi connectivity index (χ3v) is 5.12. The molecule has 0 N–H and O–H groups in total. The van der Waals surface area contributed by atoms with Crippen LogP contribution in [0.2, 0.25) is 5.02 Å². The van der Waals surface area contributed by atoms with Crippen LogP contribution in [0.4, 0.5) is 0 Å². The van der Waals surface area contributed by atoms with Crippen LogP contribution in [0.5, 0.6) is 5.75 Å². The summed E-state index contributed by atoms with van der Waals surface area (Å²) in [7, 11) is 0. The van der Waals surface area contributed by atoms with E-state index in [2.05, 4.69) is 4.99 Å². The van der Waals surface area contributed by atoms with E-state index >= 15 is 0 Å². The lowest BCUT2D eigenvalue weighted by atomic mass is 10.2. The first-order chi connectivity index (χ1) is 13.5. The zero-order valence-corrected chi connectivity index (χ0v) is 17.0. The Kier molecular flexibility index (Phi) is 6.49. The Balaban J connectivity index is 2.02. The Labute approximate surface area is 171 Å². The summed E-state index contributed by atoms with van der Waals surface area (Å²) in [4.78, 5) is 29.3. The van der Waals surface area contributed by atoms with Crippen molar-refractivity contribution >= 4 is 45.0 Å². The molecule has 0 unspecified atom stereocenters. The summed E-state index contributed by atoms with van der Waals surface area (Å²) >= 11 is 7.37. The van der Waals surface area contributed by atoms with Crippen molar-refractivity contribution in [3.8, 4) is 5.75 Å². The van der Waals surface area contributed by atoms with Crippen molar-refractivity contribution < 1.29 is 19.1 Å². The van der Waals surface area contributed by atoms with Crippen molar-refractivity contribution in [1.29, 1.82) is 0 Å². The van der Waals surface area contributed by atoms with Gasteiger partial charge in [0, 0.05) is 10.6 Å². The molecule has 0 fully saturated rings. The van der Waals surface area contributed by atoms with Crippen LogP contribution in [0.25, 0.3) is 10.2 Å². The van der Waals surface area contributed by atoms with Gasteiger partial charge in [-0.2, -0.15) is 4.99 Å². The van der Waals surface area contributed by atoms with Crippen molar-refractivity contribution in [2.75, 3.05) is 13.2 Å². The van der Waals surface area contributed by atoms with Crippen LogP contribution in [0, 0.1) is 0 Å². The molecule has 6 nitrogen and oxygen atoms in total. The van der Waals surface area contributed by atoms with E-state index in [-0.39, 0.29) is 13.2 Å². The van der Waals surface area contributed by atoms with Gasteiger partial charge in [0.05, 0.1) is 23.4 Å². The molecule has 0 spiro atoms. The van der Waals surface area contributed by atoms with Crippen molar-refractivity contribution in [2.45, 2.75) is 20.4 Å². The molecule has 0 bridgehead atoms. The second kappa shape index (κ2) is 9.03. The van der Waals surface area contributed by atoms with Gasteiger partial charge in [-0.1, -0.05) is 22.9 Å². The van der Waals surface area contributed by atoms with Crippen LogP contribution in [0.15, 0.2) is 47.5 Å². The highest BCUT2D eigenvalue weighted by Gasteiger charge is 2.13. The number of nitrogens with zero attached hydrogens (tertiary/aromatic N) is 2. The number of carbonyl (C=O) groups excluding carboxylic acids is 2. The number of halogens is 1. The normalized spacial score (nSPS) is 11.6. The van der Waals surface area contributed by atoms with E-state index in [1.807, 2.05) is 6.92 Å². The molecule has 8 heteroatoms. The highest BCUT2D eigenvalue weighted by molar-refractivity contribution is 7.16. The number of amides is 1. The Morgan fingerprint density at radius 1 is 1.11 bits per heavy atom. The van der Waals surface area contributed by atoms with Gasteiger partial charge in [0.2, 0.25) is 0 Å². The van der Waals surface area contributed by atoms with Crippen molar-refractivity contribution in [3.63, 3.8) is 0 Å². The van der Waals surface area contributed by atoms with Crippen LogP contribution in [0.3, 0.4) is 0 Å². The minimum absolute atomic E-state index is 0.0368. The lowest BCUT2D eigenvalue weighted by molar-refractivity contribution is -0.143. The third kappa shape index (κ3) is 4.61. The zero-order chi connectivity index (χ0) is 20.1. The van der Waals surface area contributed by atoms with Crippen LogP contribution >= 0.6 is 22.9 Å². The van der Waals surface area contributed by atoms with Gasteiger partial charge in [0.25, 0.3) is 5.91 Å². The Morgan fingerprint density at radius 2 is 1.86 bits per heavy atom. The van der Waals surface area contributed by atoms with Crippen molar-refractivity contribution in [2.24, 2.45) is 4.99 Å². The van der Waals surface area contributed by atoms with Gasteiger partial charge in [-0.25, -0.2) is 0 Å². The van der Waals surface area contributed by atoms with E-state index in [0.29, 0.717) is 27.7 Å². The van der Waals surface area contributed by atoms with E-state index < -0.39 is 11.9 Å². The minimum Gasteiger partial charge on any atom is -0.494 e. The number of hydrogen-bond donors (Lipinski definition) is 0. The molecule has 0 saturated carbocycles. The number of aromatic nitrogens is 1. The molecule has 0 aliphatic rings.